The van der Waals surface area contributed by atoms with Crippen molar-refractivity contribution in [1.82, 2.24) is 0 Å². The lowest BCUT2D eigenvalue weighted by Crippen LogP contribution is -2.31. The monoisotopic (exact) mass is 256 g/mol. The van der Waals surface area contributed by atoms with Gasteiger partial charge in [0.05, 0.1) is 0 Å². The molecule has 0 aliphatic rings. The Kier molecular flexibility index (Phi) is 3.93. The fourth-order valence-corrected chi connectivity index (χ4v) is 2.10. The van der Waals surface area contributed by atoms with Crippen molar-refractivity contribution in [3.63, 3.8) is 0 Å². The van der Waals surface area contributed by atoms with Gasteiger partial charge in [0.1, 0.15) is 5.75 Å². The Hall–Kier alpha value is -1.36. The van der Waals surface area contributed by atoms with E-state index in [1.165, 1.54) is 12.1 Å². The van der Waals surface area contributed by atoms with Gasteiger partial charge in [0.15, 0.2) is 0 Å². The third-order valence-corrected chi connectivity index (χ3v) is 2.97. The largest absolute Gasteiger partial charge is 0.488 e. The second-order valence-corrected chi connectivity index (χ2v) is 4.92. The van der Waals surface area contributed by atoms with Crippen molar-refractivity contribution in [3.8, 4) is 12.3 Å². The predicted molar refractivity (Wildman–Crippen MR) is 62.7 cm³/mol. The third-order valence-electron chi connectivity index (χ3n) is 2.32. The van der Waals surface area contributed by atoms with Gasteiger partial charge in [0, 0.05) is 5.56 Å². The van der Waals surface area contributed by atoms with E-state index in [2.05, 4.69) is 5.92 Å². The van der Waals surface area contributed by atoms with Gasteiger partial charge in [-0.1, -0.05) is 12.0 Å². The molecular weight excluding hydrogens is 246 g/mol. The molecular formula is C10H10BFO4S. The molecule has 1 aromatic rings. The molecule has 1 rings (SSSR count). The van der Waals surface area contributed by atoms with Crippen molar-refractivity contribution in [2.75, 3.05) is 0 Å². The zero-order valence-electron chi connectivity index (χ0n) is 9.01. The summed E-state index contributed by atoms with van der Waals surface area (Å²) in [5, 5.41) is 18.0. The number of hydrogen-bond acceptors (Lipinski definition) is 4. The minimum absolute atomic E-state index is 0.0298. The number of benzene rings is 1. The zero-order valence-corrected chi connectivity index (χ0v) is 9.83. The van der Waals surface area contributed by atoms with Crippen LogP contribution in [0, 0.1) is 19.3 Å². The molecule has 0 atom stereocenters. The van der Waals surface area contributed by atoms with E-state index in [0.717, 1.165) is 0 Å². The first-order valence-electron chi connectivity index (χ1n) is 4.63. The van der Waals surface area contributed by atoms with Crippen LogP contribution in [0.3, 0.4) is 0 Å². The first-order valence-corrected chi connectivity index (χ1v) is 6.18. The lowest BCUT2D eigenvalue weighted by Gasteiger charge is -2.09. The smallest absolute Gasteiger partial charge is 0.423 e. The molecule has 1 aromatic carbocycles. The molecule has 0 fully saturated rings. The minimum Gasteiger partial charge on any atom is -0.423 e. The molecule has 0 unspecified atom stereocenters. The fourth-order valence-electron chi connectivity index (χ4n) is 1.43. The second kappa shape index (κ2) is 4.88. The van der Waals surface area contributed by atoms with Crippen molar-refractivity contribution in [1.29, 1.82) is 0 Å². The number of hydrogen-bond donors (Lipinski definition) is 2. The molecule has 0 spiro atoms. The summed E-state index contributed by atoms with van der Waals surface area (Å²) >= 11 is 0. The molecule has 0 amide bonds. The molecule has 0 saturated heterocycles. The highest BCUT2D eigenvalue weighted by atomic mass is 32.3. The Morgan fingerprint density at radius 1 is 1.47 bits per heavy atom. The summed E-state index contributed by atoms with van der Waals surface area (Å²) in [5.74, 6) is 1.44. The lowest BCUT2D eigenvalue weighted by atomic mass is 9.78. The Balaban J connectivity index is 3.39. The minimum atomic E-state index is -4.70. The Labute approximate surface area is 99.5 Å². The summed E-state index contributed by atoms with van der Waals surface area (Å²) in [4.78, 5) is 0. The molecule has 17 heavy (non-hydrogen) atoms. The van der Waals surface area contributed by atoms with Crippen molar-refractivity contribution in [2.45, 2.75) is 12.7 Å². The molecule has 0 aromatic heterocycles. The van der Waals surface area contributed by atoms with E-state index in [0.29, 0.717) is 11.1 Å². The highest BCUT2D eigenvalue weighted by Crippen LogP contribution is 2.15. The van der Waals surface area contributed by atoms with E-state index in [1.807, 2.05) is 0 Å². The Bertz CT molecular complexity index is 575. The third kappa shape index (κ3) is 3.56. The van der Waals surface area contributed by atoms with Gasteiger partial charge in [-0.05, 0) is 29.6 Å². The van der Waals surface area contributed by atoms with Crippen molar-refractivity contribution in [2.24, 2.45) is 0 Å². The average molecular weight is 256 g/mol. The van der Waals surface area contributed by atoms with E-state index in [1.54, 1.807) is 6.92 Å². The Morgan fingerprint density at radius 2 is 2.06 bits per heavy atom. The van der Waals surface area contributed by atoms with Crippen LogP contribution in [0.2, 0.25) is 0 Å². The molecule has 0 heterocycles. The van der Waals surface area contributed by atoms with Gasteiger partial charge in [-0.25, -0.2) is 0 Å². The van der Waals surface area contributed by atoms with Gasteiger partial charge in [-0.3, -0.25) is 0 Å². The van der Waals surface area contributed by atoms with Crippen LogP contribution >= 0.6 is 0 Å². The first kappa shape index (κ1) is 13.7. The summed E-state index contributed by atoms with van der Waals surface area (Å²) in [7, 11) is -6.49. The fraction of sp³-hybridized carbons (Fsp3) is 0.200. The average Bonchev–Trinajstić information content (AvgIpc) is 2.18. The topological polar surface area (TPSA) is 74.6 Å². The van der Waals surface area contributed by atoms with Crippen LogP contribution in [0.4, 0.5) is 3.89 Å². The van der Waals surface area contributed by atoms with Gasteiger partial charge in [-0.15, -0.1) is 10.3 Å². The normalized spacial score (nSPS) is 11.0. The highest BCUT2D eigenvalue weighted by molar-refractivity contribution is 7.85. The maximum absolute atomic E-state index is 12.6. The van der Waals surface area contributed by atoms with Gasteiger partial charge in [0.25, 0.3) is 0 Å². The number of halogens is 1. The SMILES string of the molecule is C#Cc1cc(B(O)O)cc(CS(=O)(=O)F)c1C. The summed E-state index contributed by atoms with van der Waals surface area (Å²) in [6, 6.07) is 2.55. The van der Waals surface area contributed by atoms with Gasteiger partial charge in [0.2, 0.25) is 0 Å². The molecule has 0 radical (unpaired) electrons. The van der Waals surface area contributed by atoms with Crippen molar-refractivity contribution in [3.05, 3.63) is 28.8 Å². The molecule has 0 bridgehead atoms. The highest BCUT2D eigenvalue weighted by Gasteiger charge is 2.18. The van der Waals surface area contributed by atoms with Crippen LogP contribution in [0.25, 0.3) is 0 Å². The van der Waals surface area contributed by atoms with Crippen LogP contribution in [0.1, 0.15) is 16.7 Å². The summed E-state index contributed by atoms with van der Waals surface area (Å²) < 4.78 is 33.8. The standard InChI is InChI=1S/C10H10BFO4S/c1-3-8-4-10(11(13)14)5-9(7(8)2)6-17(12,15)16/h1,4-5,13-14H,6H2,2H3. The molecule has 4 nitrogen and oxygen atoms in total. The van der Waals surface area contributed by atoms with Crippen molar-refractivity contribution >= 4 is 22.8 Å². The quantitative estimate of drug-likeness (QED) is 0.432. The summed E-state index contributed by atoms with van der Waals surface area (Å²) in [6.45, 7) is 1.54. The van der Waals surface area contributed by atoms with Crippen LogP contribution in [0.5, 0.6) is 0 Å². The summed E-state index contributed by atoms with van der Waals surface area (Å²) in [5.41, 5.74) is 0.876. The number of terminal acetylenes is 1. The van der Waals surface area contributed by atoms with Crippen LogP contribution in [-0.4, -0.2) is 25.6 Å². The molecule has 0 saturated carbocycles. The van der Waals surface area contributed by atoms with E-state index in [9.17, 15) is 12.3 Å². The molecule has 90 valence electrons. The number of rotatable bonds is 3. The summed E-state index contributed by atoms with van der Waals surface area (Å²) in [6.07, 6.45) is 5.20. The van der Waals surface area contributed by atoms with E-state index < -0.39 is 23.1 Å². The zero-order chi connectivity index (χ0) is 13.2. The molecule has 0 aliphatic heterocycles. The second-order valence-electron chi connectivity index (χ2n) is 3.55. The van der Waals surface area contributed by atoms with Crippen LogP contribution in [0.15, 0.2) is 12.1 Å². The maximum Gasteiger partial charge on any atom is 0.488 e. The molecule has 0 aliphatic carbocycles. The molecule has 2 N–H and O–H groups in total. The first-order chi connectivity index (χ1) is 7.74. The maximum atomic E-state index is 12.6. The van der Waals surface area contributed by atoms with Gasteiger partial charge < -0.3 is 10.0 Å². The van der Waals surface area contributed by atoms with Gasteiger partial charge >= 0.3 is 17.3 Å². The van der Waals surface area contributed by atoms with Gasteiger partial charge in [-0.2, -0.15) is 8.42 Å². The van der Waals surface area contributed by atoms with E-state index in [4.69, 9.17) is 16.5 Å². The van der Waals surface area contributed by atoms with E-state index in [-0.39, 0.29) is 11.0 Å². The molecule has 7 heteroatoms. The van der Waals surface area contributed by atoms with E-state index >= 15 is 0 Å². The van der Waals surface area contributed by atoms with Crippen LogP contribution < -0.4 is 5.46 Å². The lowest BCUT2D eigenvalue weighted by molar-refractivity contribution is 0.425. The Morgan fingerprint density at radius 3 is 2.47 bits per heavy atom. The van der Waals surface area contributed by atoms with Crippen LogP contribution in [-0.2, 0) is 16.0 Å². The predicted octanol–water partition coefficient (Wildman–Crippen LogP) is -0.545. The van der Waals surface area contributed by atoms with Crippen molar-refractivity contribution < 1.29 is 22.4 Å².